The van der Waals surface area contributed by atoms with Crippen LogP contribution in [0.5, 0.6) is 0 Å². The summed E-state index contributed by atoms with van der Waals surface area (Å²) in [5.41, 5.74) is 2.35. The number of fused-ring (bicyclic) bond motifs is 1. The van der Waals surface area contributed by atoms with Crippen LogP contribution < -0.4 is 10.9 Å². The van der Waals surface area contributed by atoms with Gasteiger partial charge in [0.25, 0.3) is 5.56 Å². The number of benzene rings is 2. The maximum atomic E-state index is 13.7. The Morgan fingerprint density at radius 1 is 1.14 bits per heavy atom. The summed E-state index contributed by atoms with van der Waals surface area (Å²) < 4.78 is 1.48. The van der Waals surface area contributed by atoms with Crippen molar-refractivity contribution in [3.05, 3.63) is 63.4 Å². The van der Waals surface area contributed by atoms with Gasteiger partial charge in [-0.05, 0) is 94.3 Å². The molecule has 2 fully saturated rings. The molecule has 1 amide bonds. The van der Waals surface area contributed by atoms with Gasteiger partial charge in [-0.15, -0.1) is 0 Å². The summed E-state index contributed by atoms with van der Waals surface area (Å²) in [5.74, 6) is 1.46. The standard InChI is InChI=1S/C28H33ClN4O2/c1-18(2)30-26(34)17-33-27(21-6-5-7-23(29)14-21)31-25-9-8-20(15-24(25)28(33)35)22-12-19(13-22)16-32-10-3-4-11-32/h5-9,14-15,18-19,22H,3-4,10-13,16-17H2,1-2H3,(H,30,34)/t19-,22-. The zero-order valence-corrected chi connectivity index (χ0v) is 21.2. The lowest BCUT2D eigenvalue weighted by molar-refractivity contribution is -0.122. The van der Waals surface area contributed by atoms with Gasteiger partial charge in [0.05, 0.1) is 10.9 Å². The molecule has 0 atom stereocenters. The van der Waals surface area contributed by atoms with E-state index in [4.69, 9.17) is 16.6 Å². The fourth-order valence-electron chi connectivity index (χ4n) is 5.49. The minimum atomic E-state index is -0.216. The number of carbonyl (C=O) groups excluding carboxylic acids is 1. The van der Waals surface area contributed by atoms with Gasteiger partial charge in [-0.25, -0.2) is 4.98 Å². The first-order chi connectivity index (χ1) is 16.9. The summed E-state index contributed by atoms with van der Waals surface area (Å²) in [6.07, 6.45) is 4.99. The van der Waals surface area contributed by atoms with Gasteiger partial charge in [0.1, 0.15) is 12.4 Å². The molecule has 0 bridgehead atoms. The topological polar surface area (TPSA) is 67.2 Å². The third-order valence-corrected chi connectivity index (χ3v) is 7.47. The highest BCUT2D eigenvalue weighted by Crippen LogP contribution is 2.42. The van der Waals surface area contributed by atoms with Crippen molar-refractivity contribution in [2.75, 3.05) is 19.6 Å². The SMILES string of the molecule is CC(C)NC(=O)Cn1c(-c2cccc(Cl)c2)nc2ccc([C@H]3C[C@H](CN4CCCC4)C3)cc2c1=O. The van der Waals surface area contributed by atoms with E-state index in [9.17, 15) is 9.59 Å². The smallest absolute Gasteiger partial charge is 0.262 e. The van der Waals surface area contributed by atoms with E-state index in [1.54, 1.807) is 12.1 Å². The molecule has 2 aliphatic rings. The summed E-state index contributed by atoms with van der Waals surface area (Å²) in [7, 11) is 0. The molecule has 35 heavy (non-hydrogen) atoms. The Bertz CT molecular complexity index is 1290. The molecular formula is C28H33ClN4O2. The molecule has 1 aliphatic heterocycles. The number of hydrogen-bond acceptors (Lipinski definition) is 4. The highest BCUT2D eigenvalue weighted by Gasteiger charge is 2.32. The Kier molecular flexibility index (Phi) is 6.94. The van der Waals surface area contributed by atoms with Crippen molar-refractivity contribution >= 4 is 28.4 Å². The Labute approximate surface area is 211 Å². The molecular weight excluding hydrogens is 460 g/mol. The van der Waals surface area contributed by atoms with Gasteiger partial charge in [-0.1, -0.05) is 29.8 Å². The quantitative estimate of drug-likeness (QED) is 0.513. The number of halogens is 1. The van der Waals surface area contributed by atoms with Crippen molar-refractivity contribution in [1.29, 1.82) is 0 Å². The van der Waals surface area contributed by atoms with E-state index < -0.39 is 0 Å². The molecule has 5 rings (SSSR count). The number of hydrogen-bond donors (Lipinski definition) is 1. The van der Waals surface area contributed by atoms with Crippen LogP contribution in [0, 0.1) is 5.92 Å². The van der Waals surface area contributed by atoms with Crippen LogP contribution in [0.25, 0.3) is 22.3 Å². The molecule has 0 radical (unpaired) electrons. The first-order valence-electron chi connectivity index (χ1n) is 12.7. The van der Waals surface area contributed by atoms with E-state index >= 15 is 0 Å². The predicted molar refractivity (Wildman–Crippen MR) is 141 cm³/mol. The average molecular weight is 493 g/mol. The molecule has 1 N–H and O–H groups in total. The zero-order valence-electron chi connectivity index (χ0n) is 20.5. The number of carbonyl (C=O) groups is 1. The molecule has 6 nitrogen and oxygen atoms in total. The van der Waals surface area contributed by atoms with Gasteiger partial charge in [0.15, 0.2) is 0 Å². The molecule has 184 valence electrons. The van der Waals surface area contributed by atoms with E-state index in [-0.39, 0.29) is 24.1 Å². The first-order valence-corrected chi connectivity index (χ1v) is 13.1. The highest BCUT2D eigenvalue weighted by molar-refractivity contribution is 6.30. The molecule has 1 aromatic heterocycles. The fourth-order valence-corrected chi connectivity index (χ4v) is 5.68. The number of likely N-dealkylation sites (tertiary alicyclic amines) is 1. The third kappa shape index (κ3) is 5.29. The van der Waals surface area contributed by atoms with E-state index in [0.717, 1.165) is 5.92 Å². The maximum Gasteiger partial charge on any atom is 0.262 e. The zero-order chi connectivity index (χ0) is 24.5. The molecule has 2 aromatic carbocycles. The van der Waals surface area contributed by atoms with E-state index in [2.05, 4.69) is 16.3 Å². The number of rotatable bonds is 7. The van der Waals surface area contributed by atoms with Crippen LogP contribution in [0.4, 0.5) is 0 Å². The highest BCUT2D eigenvalue weighted by atomic mass is 35.5. The second-order valence-corrected chi connectivity index (χ2v) is 10.8. The predicted octanol–water partition coefficient (Wildman–Crippen LogP) is 4.83. The van der Waals surface area contributed by atoms with Gasteiger partial charge in [0.2, 0.25) is 5.91 Å². The molecule has 2 heterocycles. The molecule has 1 aliphatic carbocycles. The van der Waals surface area contributed by atoms with Crippen LogP contribution in [0.15, 0.2) is 47.3 Å². The van der Waals surface area contributed by atoms with Crippen LogP contribution in [0.3, 0.4) is 0 Å². The van der Waals surface area contributed by atoms with E-state index in [0.29, 0.717) is 33.2 Å². The second-order valence-electron chi connectivity index (χ2n) is 10.4. The number of nitrogens with one attached hydrogen (secondary N) is 1. The van der Waals surface area contributed by atoms with Crippen molar-refractivity contribution in [3.63, 3.8) is 0 Å². The molecule has 1 saturated carbocycles. The monoisotopic (exact) mass is 492 g/mol. The maximum absolute atomic E-state index is 13.7. The third-order valence-electron chi connectivity index (χ3n) is 7.23. The lowest BCUT2D eigenvalue weighted by Gasteiger charge is -2.38. The minimum Gasteiger partial charge on any atom is -0.352 e. The Hall–Kier alpha value is -2.70. The summed E-state index contributed by atoms with van der Waals surface area (Å²) in [6.45, 7) is 7.39. The van der Waals surface area contributed by atoms with Crippen molar-refractivity contribution < 1.29 is 4.79 Å². The summed E-state index contributed by atoms with van der Waals surface area (Å²) >= 11 is 6.23. The molecule has 0 unspecified atom stereocenters. The Morgan fingerprint density at radius 3 is 2.63 bits per heavy atom. The van der Waals surface area contributed by atoms with Gasteiger partial charge in [0, 0.05) is 23.2 Å². The number of aromatic nitrogens is 2. The van der Waals surface area contributed by atoms with Gasteiger partial charge in [-0.3, -0.25) is 14.2 Å². The summed E-state index contributed by atoms with van der Waals surface area (Å²) in [4.78, 5) is 33.8. The largest absolute Gasteiger partial charge is 0.352 e. The molecule has 1 saturated heterocycles. The van der Waals surface area contributed by atoms with Crippen LogP contribution in [-0.2, 0) is 11.3 Å². The van der Waals surface area contributed by atoms with Gasteiger partial charge in [-0.2, -0.15) is 0 Å². The van der Waals surface area contributed by atoms with Gasteiger partial charge >= 0.3 is 0 Å². The second kappa shape index (κ2) is 10.1. The number of nitrogens with zero attached hydrogens (tertiary/aromatic N) is 3. The van der Waals surface area contributed by atoms with E-state index in [1.165, 1.54) is 55.4 Å². The van der Waals surface area contributed by atoms with Crippen LogP contribution >= 0.6 is 11.6 Å². The summed E-state index contributed by atoms with van der Waals surface area (Å²) in [6, 6.07) is 13.3. The lowest BCUT2D eigenvalue weighted by atomic mass is 9.71. The minimum absolute atomic E-state index is 0.0139. The van der Waals surface area contributed by atoms with Crippen molar-refractivity contribution in [3.8, 4) is 11.4 Å². The van der Waals surface area contributed by atoms with Crippen LogP contribution in [-0.4, -0.2) is 46.0 Å². The summed E-state index contributed by atoms with van der Waals surface area (Å²) in [5, 5.41) is 4.00. The van der Waals surface area contributed by atoms with Gasteiger partial charge < -0.3 is 10.2 Å². The van der Waals surface area contributed by atoms with Crippen molar-refractivity contribution in [1.82, 2.24) is 19.8 Å². The Morgan fingerprint density at radius 2 is 1.91 bits per heavy atom. The van der Waals surface area contributed by atoms with Crippen molar-refractivity contribution in [2.45, 2.75) is 58.0 Å². The van der Waals surface area contributed by atoms with Crippen LogP contribution in [0.1, 0.15) is 51.0 Å². The molecule has 7 heteroatoms. The van der Waals surface area contributed by atoms with E-state index in [1.807, 2.05) is 38.1 Å². The number of amides is 1. The average Bonchev–Trinajstić information content (AvgIpc) is 3.30. The molecule has 3 aromatic rings. The van der Waals surface area contributed by atoms with Crippen LogP contribution in [0.2, 0.25) is 5.02 Å². The Balaban J connectivity index is 1.47. The van der Waals surface area contributed by atoms with Crippen molar-refractivity contribution in [2.24, 2.45) is 5.92 Å². The lowest BCUT2D eigenvalue weighted by Crippen LogP contribution is -2.37. The first kappa shape index (κ1) is 24.0. The normalized spacial score (nSPS) is 20.3. The molecule has 0 spiro atoms. The fraction of sp³-hybridized carbons (Fsp3) is 0.464.